The third kappa shape index (κ3) is 2.91. The molecule has 0 aromatic heterocycles. The standard InChI is InChI=1S/C13H9Cl7/c14-11(15,12(16,17)13(18,19)20)10-7-3-5-8-4-1-2-6-9(8)10/h1-6,10H,7H2. The van der Waals surface area contributed by atoms with Crippen LogP contribution < -0.4 is 0 Å². The monoisotopic (exact) mass is 410 g/mol. The van der Waals surface area contributed by atoms with Crippen LogP contribution in [0.1, 0.15) is 23.5 Å². The van der Waals surface area contributed by atoms with Gasteiger partial charge in [-0.25, -0.2) is 0 Å². The summed E-state index contributed by atoms with van der Waals surface area (Å²) in [5.41, 5.74) is 1.91. The SMILES string of the molecule is ClC(Cl)(Cl)C(Cl)(Cl)C(Cl)(Cl)C1CC=Cc2ccccc21. The molecule has 0 spiro atoms. The van der Waals surface area contributed by atoms with Gasteiger partial charge in [0.05, 0.1) is 0 Å². The van der Waals surface area contributed by atoms with Crippen molar-refractivity contribution in [2.45, 2.75) is 24.8 Å². The molecule has 0 aliphatic heterocycles. The summed E-state index contributed by atoms with van der Waals surface area (Å²) in [6.45, 7) is 0. The molecule has 7 heteroatoms. The van der Waals surface area contributed by atoms with E-state index in [-0.39, 0.29) is 0 Å². The van der Waals surface area contributed by atoms with Gasteiger partial charge in [0, 0.05) is 5.92 Å². The molecule has 0 fully saturated rings. The second kappa shape index (κ2) is 5.89. The van der Waals surface area contributed by atoms with E-state index in [1.807, 2.05) is 36.4 Å². The minimum absolute atomic E-state index is 0.391. The summed E-state index contributed by atoms with van der Waals surface area (Å²) in [6, 6.07) is 7.65. The van der Waals surface area contributed by atoms with Crippen LogP contribution in [0.5, 0.6) is 0 Å². The van der Waals surface area contributed by atoms with Crippen LogP contribution in [0, 0.1) is 0 Å². The van der Waals surface area contributed by atoms with Crippen LogP contribution in [-0.2, 0) is 0 Å². The Morgan fingerprint density at radius 3 is 2.10 bits per heavy atom. The fraction of sp³-hybridized carbons (Fsp3) is 0.385. The van der Waals surface area contributed by atoms with Gasteiger partial charge in [0.2, 0.25) is 3.79 Å². The number of benzene rings is 1. The van der Waals surface area contributed by atoms with Gasteiger partial charge >= 0.3 is 0 Å². The van der Waals surface area contributed by atoms with Crippen LogP contribution in [0.15, 0.2) is 30.3 Å². The van der Waals surface area contributed by atoms with Gasteiger partial charge in [-0.05, 0) is 17.5 Å². The van der Waals surface area contributed by atoms with Gasteiger partial charge in [0.25, 0.3) is 0 Å². The normalized spacial score (nSPS) is 19.9. The van der Waals surface area contributed by atoms with Crippen molar-refractivity contribution in [1.82, 2.24) is 0 Å². The van der Waals surface area contributed by atoms with E-state index in [2.05, 4.69) is 0 Å². The van der Waals surface area contributed by atoms with Crippen LogP contribution in [0.4, 0.5) is 0 Å². The van der Waals surface area contributed by atoms with Gasteiger partial charge in [-0.3, -0.25) is 0 Å². The van der Waals surface area contributed by atoms with Crippen molar-refractivity contribution in [3.05, 3.63) is 41.5 Å². The Balaban J connectivity index is 2.49. The van der Waals surface area contributed by atoms with Crippen LogP contribution in [0.25, 0.3) is 6.08 Å². The maximum absolute atomic E-state index is 6.43. The molecule has 0 saturated carbocycles. The summed E-state index contributed by atoms with van der Waals surface area (Å²) in [4.78, 5) is 0. The first-order valence-electron chi connectivity index (χ1n) is 5.67. The molecule has 1 aromatic carbocycles. The van der Waals surface area contributed by atoms with Gasteiger partial charge in [-0.1, -0.05) is 118 Å². The van der Waals surface area contributed by atoms with E-state index in [4.69, 9.17) is 81.2 Å². The maximum atomic E-state index is 6.43. The molecule has 1 atom stereocenters. The molecule has 0 radical (unpaired) electrons. The van der Waals surface area contributed by atoms with Crippen molar-refractivity contribution >= 4 is 87.3 Å². The van der Waals surface area contributed by atoms with E-state index in [1.54, 1.807) is 0 Å². The van der Waals surface area contributed by atoms with Crippen molar-refractivity contribution in [2.24, 2.45) is 0 Å². The Bertz CT molecular complexity index is 528. The Labute approximate surface area is 152 Å². The van der Waals surface area contributed by atoms with E-state index in [0.717, 1.165) is 11.1 Å². The van der Waals surface area contributed by atoms with E-state index in [1.165, 1.54) is 0 Å². The topological polar surface area (TPSA) is 0 Å². The Hall–Kier alpha value is 0.990. The average molecular weight is 413 g/mol. The van der Waals surface area contributed by atoms with Crippen molar-refractivity contribution in [3.8, 4) is 0 Å². The molecule has 2 rings (SSSR count). The van der Waals surface area contributed by atoms with Gasteiger partial charge in [-0.2, -0.15) is 0 Å². The molecule has 0 bridgehead atoms. The zero-order valence-corrected chi connectivity index (χ0v) is 15.2. The van der Waals surface area contributed by atoms with Crippen molar-refractivity contribution in [2.75, 3.05) is 0 Å². The van der Waals surface area contributed by atoms with E-state index in [9.17, 15) is 0 Å². The number of alkyl halides is 7. The minimum atomic E-state index is -2.03. The number of hydrogen-bond donors (Lipinski definition) is 0. The number of rotatable bonds is 2. The third-order valence-corrected chi connectivity index (χ3v) is 7.33. The highest BCUT2D eigenvalue weighted by molar-refractivity contribution is 6.78. The number of fused-ring (bicyclic) bond motifs is 1. The van der Waals surface area contributed by atoms with E-state index >= 15 is 0 Å². The van der Waals surface area contributed by atoms with E-state index < -0.39 is 18.4 Å². The highest BCUT2D eigenvalue weighted by Gasteiger charge is 2.63. The third-order valence-electron chi connectivity index (χ3n) is 3.25. The minimum Gasteiger partial charge on any atom is -0.0974 e. The lowest BCUT2D eigenvalue weighted by Crippen LogP contribution is -2.50. The van der Waals surface area contributed by atoms with Gasteiger partial charge in [-0.15, -0.1) is 0 Å². The molecule has 0 nitrogen and oxygen atoms in total. The molecular formula is C13H9Cl7. The number of halogens is 7. The summed E-state index contributed by atoms with van der Waals surface area (Å²) >= 11 is 42.7. The molecule has 1 aliphatic rings. The second-order valence-electron chi connectivity index (χ2n) is 4.51. The predicted molar refractivity (Wildman–Crippen MR) is 92.0 cm³/mol. The zero-order valence-electron chi connectivity index (χ0n) is 9.89. The van der Waals surface area contributed by atoms with Crippen LogP contribution in [-0.4, -0.2) is 12.5 Å². The van der Waals surface area contributed by atoms with Crippen molar-refractivity contribution in [3.63, 3.8) is 0 Å². The molecule has 1 unspecified atom stereocenters. The Morgan fingerprint density at radius 1 is 0.900 bits per heavy atom. The molecule has 0 N–H and O–H groups in total. The molecule has 0 heterocycles. The average Bonchev–Trinajstić information content (AvgIpc) is 2.36. The molecule has 0 amide bonds. The Morgan fingerprint density at radius 2 is 1.50 bits per heavy atom. The first kappa shape index (κ1) is 17.3. The highest BCUT2D eigenvalue weighted by atomic mass is 35.6. The van der Waals surface area contributed by atoms with Gasteiger partial charge in [0.1, 0.15) is 0 Å². The molecule has 1 aromatic rings. The smallest absolute Gasteiger partial charge is 0.0974 e. The lowest BCUT2D eigenvalue weighted by molar-refractivity contribution is 0.535. The lowest BCUT2D eigenvalue weighted by atomic mass is 9.83. The van der Waals surface area contributed by atoms with Crippen molar-refractivity contribution in [1.29, 1.82) is 0 Å². The van der Waals surface area contributed by atoms with Crippen LogP contribution >= 0.6 is 81.2 Å². The predicted octanol–water partition coefficient (Wildman–Crippen LogP) is 6.91. The first-order chi connectivity index (χ1) is 9.09. The number of allylic oxidation sites excluding steroid dienone is 1. The molecule has 1 aliphatic carbocycles. The largest absolute Gasteiger partial charge is 0.226 e. The van der Waals surface area contributed by atoms with Crippen molar-refractivity contribution < 1.29 is 0 Å². The zero-order chi connectivity index (χ0) is 15.2. The quantitative estimate of drug-likeness (QED) is 0.463. The number of hydrogen-bond acceptors (Lipinski definition) is 0. The van der Waals surface area contributed by atoms with Gasteiger partial charge in [0.15, 0.2) is 8.67 Å². The summed E-state index contributed by atoms with van der Waals surface area (Å²) in [5.74, 6) is -0.391. The first-order valence-corrected chi connectivity index (χ1v) is 8.31. The summed E-state index contributed by atoms with van der Waals surface area (Å²) in [5, 5.41) is 0. The molecule has 110 valence electrons. The Kier molecular flexibility index (Phi) is 5.11. The fourth-order valence-electron chi connectivity index (χ4n) is 2.19. The highest BCUT2D eigenvalue weighted by Crippen LogP contribution is 2.62. The van der Waals surface area contributed by atoms with E-state index in [0.29, 0.717) is 6.42 Å². The molecule has 20 heavy (non-hydrogen) atoms. The summed E-state index contributed by atoms with van der Waals surface area (Å²) < 4.78 is -5.69. The summed E-state index contributed by atoms with van der Waals surface area (Å²) in [6.07, 6.45) is 4.47. The summed E-state index contributed by atoms with van der Waals surface area (Å²) in [7, 11) is 0. The lowest BCUT2D eigenvalue weighted by Gasteiger charge is -2.43. The van der Waals surface area contributed by atoms with Gasteiger partial charge < -0.3 is 0 Å². The fourth-order valence-corrected chi connectivity index (χ4v) is 3.89. The van der Waals surface area contributed by atoms with Crippen LogP contribution in [0.2, 0.25) is 0 Å². The van der Waals surface area contributed by atoms with Crippen LogP contribution in [0.3, 0.4) is 0 Å². The molecule has 0 saturated heterocycles. The molecular weight excluding hydrogens is 404 g/mol. The second-order valence-corrected chi connectivity index (χ2v) is 9.51. The maximum Gasteiger partial charge on any atom is 0.226 e.